The molecule has 29 heavy (non-hydrogen) atoms. The molecule has 0 aromatic carbocycles. The second-order valence-electron chi connectivity index (χ2n) is 7.31. The van der Waals surface area contributed by atoms with Gasteiger partial charge in [0, 0.05) is 34.2 Å². The highest BCUT2D eigenvalue weighted by Crippen LogP contribution is 2.17. The summed E-state index contributed by atoms with van der Waals surface area (Å²) >= 11 is 0. The largest absolute Gasteiger partial charge is 0.481 e. The first kappa shape index (κ1) is 17.3. The van der Waals surface area contributed by atoms with Crippen LogP contribution in [0.1, 0.15) is 23.4 Å². The van der Waals surface area contributed by atoms with Crippen molar-refractivity contribution in [3.8, 4) is 0 Å². The van der Waals surface area contributed by atoms with E-state index in [0.29, 0.717) is 6.42 Å². The minimum atomic E-state index is -0.801. The van der Waals surface area contributed by atoms with Gasteiger partial charge in [-0.05, 0) is 72.7 Å². The predicted molar refractivity (Wildman–Crippen MR) is 114 cm³/mol. The number of aliphatic imine (C=N–C) groups is 1. The van der Waals surface area contributed by atoms with E-state index in [-0.39, 0.29) is 12.5 Å². The highest BCUT2D eigenvalue weighted by Gasteiger charge is 2.11. The van der Waals surface area contributed by atoms with Gasteiger partial charge in [0.05, 0.1) is 17.5 Å². The third kappa shape index (κ3) is 3.78. The fraction of sp³-hybridized carbons (Fsp3) is 0.130. The average Bonchev–Trinajstić information content (AvgIpc) is 3.45. The van der Waals surface area contributed by atoms with Gasteiger partial charge in [0.25, 0.3) is 0 Å². The summed E-state index contributed by atoms with van der Waals surface area (Å²) in [5.74, 6) is -0.801. The predicted octanol–water partition coefficient (Wildman–Crippen LogP) is 1.86. The number of aromatic amines is 2. The van der Waals surface area contributed by atoms with Crippen LogP contribution >= 0.6 is 0 Å². The first-order valence-electron chi connectivity index (χ1n) is 9.58. The first-order valence-corrected chi connectivity index (χ1v) is 9.58. The Morgan fingerprint density at radius 3 is 2.79 bits per heavy atom. The number of hydrogen-bond donors (Lipinski definition) is 4. The molecule has 0 fully saturated rings. The van der Waals surface area contributed by atoms with Crippen LogP contribution in [0.3, 0.4) is 0 Å². The van der Waals surface area contributed by atoms with Crippen molar-refractivity contribution >= 4 is 36.0 Å². The Labute approximate surface area is 167 Å². The summed E-state index contributed by atoms with van der Waals surface area (Å²) in [4.78, 5) is 22.5. The van der Waals surface area contributed by atoms with E-state index >= 15 is 0 Å². The number of carbonyl (C=O) groups is 1. The molecule has 4 N–H and O–H groups in total. The monoisotopic (exact) mass is 384 g/mol. The van der Waals surface area contributed by atoms with E-state index in [9.17, 15) is 4.79 Å². The molecule has 3 aliphatic rings. The fourth-order valence-electron chi connectivity index (χ4n) is 3.71. The summed E-state index contributed by atoms with van der Waals surface area (Å²) in [7, 11) is 0. The van der Waals surface area contributed by atoms with E-state index in [1.54, 1.807) is 0 Å². The lowest BCUT2D eigenvalue weighted by Gasteiger charge is -2.05. The van der Waals surface area contributed by atoms with Crippen LogP contribution in [0.15, 0.2) is 58.9 Å². The van der Waals surface area contributed by atoms with E-state index in [2.05, 4.69) is 44.6 Å². The first-order chi connectivity index (χ1) is 14.1. The Kier molecular flexibility index (Phi) is 4.17. The number of allylic oxidation sites excluding steroid dienone is 3. The molecule has 0 radical (unpaired) electrons. The molecule has 3 aliphatic heterocycles. The molecule has 1 atom stereocenters. The summed E-state index contributed by atoms with van der Waals surface area (Å²) in [6, 6.07) is 6.17. The number of nitrogens with zero attached hydrogens (tertiary/aromatic N) is 1. The molecule has 0 aliphatic carbocycles. The van der Waals surface area contributed by atoms with Gasteiger partial charge in [-0.15, -0.1) is 0 Å². The molecule has 0 amide bonds. The van der Waals surface area contributed by atoms with Crippen molar-refractivity contribution in [2.75, 3.05) is 0 Å². The van der Waals surface area contributed by atoms with Gasteiger partial charge in [-0.1, -0.05) is 6.08 Å². The second-order valence-corrected chi connectivity index (χ2v) is 7.31. The van der Waals surface area contributed by atoms with Crippen molar-refractivity contribution in [3.63, 3.8) is 0 Å². The Morgan fingerprint density at radius 2 is 1.93 bits per heavy atom. The molecule has 1 unspecified atom stereocenters. The van der Waals surface area contributed by atoms with Gasteiger partial charge in [-0.25, -0.2) is 4.99 Å². The van der Waals surface area contributed by atoms with Crippen molar-refractivity contribution in [2.24, 2.45) is 4.99 Å². The Morgan fingerprint density at radius 1 is 1.07 bits per heavy atom. The lowest BCUT2D eigenvalue weighted by molar-refractivity contribution is -0.136. The highest BCUT2D eigenvalue weighted by molar-refractivity contribution is 6.19. The van der Waals surface area contributed by atoms with Crippen LogP contribution in [0.4, 0.5) is 0 Å². The van der Waals surface area contributed by atoms with E-state index in [0.717, 1.165) is 44.8 Å². The standard InChI is InChI=1S/C23H20N4O2/c28-23(29)8-1-14-9-21-12-19-5-4-17(25-19)10-15-2-3-16(24-15)11-18-6-7-20(26-18)13-22(14)27-21/h2-7,9-13,19,24-25,27H,1,8H2,(H,28,29)/b17-10-,18-11-,21-12+,22-13-. The molecule has 144 valence electrons. The van der Waals surface area contributed by atoms with Crippen molar-refractivity contribution < 1.29 is 9.90 Å². The smallest absolute Gasteiger partial charge is 0.303 e. The minimum Gasteiger partial charge on any atom is -0.481 e. The number of aromatic nitrogens is 2. The molecule has 6 heteroatoms. The minimum absolute atomic E-state index is 0.0672. The molecule has 5 heterocycles. The molecule has 0 saturated carbocycles. The van der Waals surface area contributed by atoms with Crippen molar-refractivity contribution in [3.05, 3.63) is 81.5 Å². The van der Waals surface area contributed by atoms with Crippen LogP contribution in [0.5, 0.6) is 0 Å². The summed E-state index contributed by atoms with van der Waals surface area (Å²) in [5.41, 5.74) is 5.72. The maximum absolute atomic E-state index is 11.1. The highest BCUT2D eigenvalue weighted by atomic mass is 16.4. The van der Waals surface area contributed by atoms with E-state index in [1.807, 2.05) is 42.5 Å². The van der Waals surface area contributed by atoms with Gasteiger partial charge in [-0.3, -0.25) is 4.79 Å². The molecule has 0 spiro atoms. The van der Waals surface area contributed by atoms with E-state index < -0.39 is 5.97 Å². The summed E-state index contributed by atoms with van der Waals surface area (Å²) in [6.45, 7) is 0. The third-order valence-electron chi connectivity index (χ3n) is 5.06. The molecular formula is C23H20N4O2. The summed E-state index contributed by atoms with van der Waals surface area (Å²) < 4.78 is 0. The number of aryl methyl sites for hydroxylation is 1. The van der Waals surface area contributed by atoms with Gasteiger partial charge < -0.3 is 20.4 Å². The zero-order chi connectivity index (χ0) is 19.8. The summed E-state index contributed by atoms with van der Waals surface area (Å²) in [5, 5.41) is 14.4. The van der Waals surface area contributed by atoms with Crippen LogP contribution in [-0.2, 0) is 11.2 Å². The lowest BCUT2D eigenvalue weighted by Crippen LogP contribution is -2.22. The number of fused-ring (bicyclic) bond motifs is 7. The Bertz CT molecular complexity index is 1260. The molecule has 0 saturated heterocycles. The van der Waals surface area contributed by atoms with E-state index in [4.69, 9.17) is 5.11 Å². The number of carboxylic acid groups (broad SMARTS) is 1. The zero-order valence-electron chi connectivity index (χ0n) is 15.6. The van der Waals surface area contributed by atoms with Crippen LogP contribution in [0.25, 0.3) is 24.3 Å². The number of aliphatic carboxylic acids is 1. The van der Waals surface area contributed by atoms with Crippen molar-refractivity contribution in [2.45, 2.75) is 18.9 Å². The normalized spacial score (nSPS) is 25.0. The van der Waals surface area contributed by atoms with Crippen LogP contribution in [0, 0.1) is 0 Å². The van der Waals surface area contributed by atoms with E-state index in [1.165, 1.54) is 0 Å². The van der Waals surface area contributed by atoms with Crippen LogP contribution in [-0.4, -0.2) is 32.8 Å². The topological polar surface area (TPSA) is 93.3 Å². The zero-order valence-corrected chi connectivity index (χ0v) is 15.6. The molecule has 2 aromatic heterocycles. The molecule has 2 aromatic rings. The second kappa shape index (κ2) is 6.98. The van der Waals surface area contributed by atoms with Crippen molar-refractivity contribution in [1.82, 2.24) is 15.3 Å². The van der Waals surface area contributed by atoms with Gasteiger partial charge in [0.15, 0.2) is 0 Å². The average molecular weight is 384 g/mol. The van der Waals surface area contributed by atoms with Crippen LogP contribution < -0.4 is 16.0 Å². The Hall–Kier alpha value is -3.80. The maximum Gasteiger partial charge on any atom is 0.303 e. The number of carboxylic acids is 1. The van der Waals surface area contributed by atoms with Gasteiger partial charge in [-0.2, -0.15) is 0 Å². The number of hydrogen-bond acceptors (Lipinski definition) is 3. The molecular weight excluding hydrogens is 364 g/mol. The molecule has 8 bridgehead atoms. The Balaban J connectivity index is 1.63. The number of rotatable bonds is 3. The fourth-order valence-corrected chi connectivity index (χ4v) is 3.71. The number of H-pyrrole nitrogens is 2. The SMILES string of the molecule is O=C(O)CCc1c/c2[nH]/c1=C\C1=NC(=C\c3ccc([nH]3)/C=C3/C=CC(/C=2)N3)/C=C1. The van der Waals surface area contributed by atoms with Crippen LogP contribution in [0.2, 0.25) is 0 Å². The quantitative estimate of drug-likeness (QED) is 0.651. The van der Waals surface area contributed by atoms with Crippen molar-refractivity contribution in [1.29, 1.82) is 0 Å². The van der Waals surface area contributed by atoms with Gasteiger partial charge >= 0.3 is 5.97 Å². The van der Waals surface area contributed by atoms with Gasteiger partial charge in [0.1, 0.15) is 0 Å². The molecule has 5 rings (SSSR count). The maximum atomic E-state index is 11.1. The molecule has 6 nitrogen and oxygen atoms in total. The third-order valence-corrected chi connectivity index (χ3v) is 5.06. The lowest BCUT2D eigenvalue weighted by atomic mass is 10.1. The summed E-state index contributed by atoms with van der Waals surface area (Å²) in [6.07, 6.45) is 16.8. The number of nitrogens with one attached hydrogen (secondary N) is 3. The van der Waals surface area contributed by atoms with Gasteiger partial charge in [0.2, 0.25) is 0 Å².